The van der Waals surface area contributed by atoms with E-state index in [4.69, 9.17) is 26.6 Å². The largest absolute Gasteiger partial charge is 0.394 e. The summed E-state index contributed by atoms with van der Waals surface area (Å²) < 4.78 is 5.39. The first-order valence-corrected chi connectivity index (χ1v) is 5.99. The van der Waals surface area contributed by atoms with E-state index in [0.29, 0.717) is 18.2 Å². The summed E-state index contributed by atoms with van der Waals surface area (Å²) in [6, 6.07) is 5.59. The normalized spacial score (nSPS) is 20.6. The molecule has 5 heteroatoms. The second-order valence-corrected chi connectivity index (χ2v) is 4.46. The summed E-state index contributed by atoms with van der Waals surface area (Å²) in [7, 11) is 0. The number of halogens is 1. The van der Waals surface area contributed by atoms with E-state index in [1.54, 1.807) is 0 Å². The van der Waals surface area contributed by atoms with Crippen molar-refractivity contribution in [2.24, 2.45) is 0 Å². The molecule has 1 aliphatic rings. The Kier molecular flexibility index (Phi) is 4.23. The van der Waals surface area contributed by atoms with Gasteiger partial charge in [0.05, 0.1) is 25.9 Å². The molecule has 1 aromatic carbocycles. The minimum atomic E-state index is -0.139. The van der Waals surface area contributed by atoms with Crippen LogP contribution in [0.3, 0.4) is 0 Å². The van der Waals surface area contributed by atoms with Gasteiger partial charge < -0.3 is 19.8 Å². The highest BCUT2D eigenvalue weighted by Crippen LogP contribution is 2.25. The summed E-state index contributed by atoms with van der Waals surface area (Å²) in [6.45, 7) is 2.02. The molecule has 1 heterocycles. The van der Waals surface area contributed by atoms with Crippen LogP contribution in [0.15, 0.2) is 18.2 Å². The number of aliphatic hydroxyl groups is 2. The highest BCUT2D eigenvalue weighted by Gasteiger charge is 2.20. The fourth-order valence-corrected chi connectivity index (χ4v) is 2.16. The van der Waals surface area contributed by atoms with Crippen molar-refractivity contribution < 1.29 is 14.9 Å². The van der Waals surface area contributed by atoms with Crippen LogP contribution in [-0.4, -0.2) is 42.6 Å². The predicted molar refractivity (Wildman–Crippen MR) is 66.4 cm³/mol. The van der Waals surface area contributed by atoms with Crippen molar-refractivity contribution in [3.05, 3.63) is 28.8 Å². The minimum absolute atomic E-state index is 0.0267. The van der Waals surface area contributed by atoms with Crippen LogP contribution < -0.4 is 4.90 Å². The van der Waals surface area contributed by atoms with Crippen molar-refractivity contribution in [3.63, 3.8) is 0 Å². The van der Waals surface area contributed by atoms with Gasteiger partial charge in [0.15, 0.2) is 0 Å². The molecule has 0 spiro atoms. The number of anilines is 1. The molecular formula is C12H16ClNO3. The third-order valence-corrected chi connectivity index (χ3v) is 3.27. The molecule has 4 nitrogen and oxygen atoms in total. The summed E-state index contributed by atoms with van der Waals surface area (Å²) in [5.74, 6) is 0. The van der Waals surface area contributed by atoms with Crippen LogP contribution in [0.5, 0.6) is 0 Å². The fourth-order valence-electron chi connectivity index (χ4n) is 1.93. The average Bonchev–Trinajstić information content (AvgIpc) is 2.38. The number of benzene rings is 1. The number of aliphatic hydroxyl groups excluding tert-OH is 2. The van der Waals surface area contributed by atoms with E-state index in [1.165, 1.54) is 0 Å². The highest BCUT2D eigenvalue weighted by molar-refractivity contribution is 6.31. The van der Waals surface area contributed by atoms with Gasteiger partial charge in [0, 0.05) is 23.8 Å². The van der Waals surface area contributed by atoms with Crippen LogP contribution in [0.25, 0.3) is 0 Å². The molecule has 0 bridgehead atoms. The molecule has 94 valence electrons. The molecule has 1 saturated heterocycles. The fraction of sp³-hybridized carbons (Fsp3) is 0.500. The third-order valence-electron chi connectivity index (χ3n) is 2.91. The van der Waals surface area contributed by atoms with E-state index >= 15 is 0 Å². The molecule has 1 unspecified atom stereocenters. The first-order chi connectivity index (χ1) is 8.24. The lowest BCUT2D eigenvalue weighted by Gasteiger charge is -2.33. The zero-order valence-electron chi connectivity index (χ0n) is 9.47. The molecule has 1 atom stereocenters. The van der Waals surface area contributed by atoms with Crippen molar-refractivity contribution in [2.75, 3.05) is 31.2 Å². The number of hydrogen-bond acceptors (Lipinski definition) is 4. The first-order valence-electron chi connectivity index (χ1n) is 5.61. The van der Waals surface area contributed by atoms with E-state index < -0.39 is 0 Å². The van der Waals surface area contributed by atoms with Crippen LogP contribution in [0, 0.1) is 0 Å². The van der Waals surface area contributed by atoms with Gasteiger partial charge in [-0.3, -0.25) is 0 Å². The Bertz CT molecular complexity index is 386. The number of rotatable bonds is 3. The van der Waals surface area contributed by atoms with Gasteiger partial charge >= 0.3 is 0 Å². The van der Waals surface area contributed by atoms with Crippen molar-refractivity contribution >= 4 is 17.3 Å². The van der Waals surface area contributed by atoms with Crippen molar-refractivity contribution in [2.45, 2.75) is 12.7 Å². The van der Waals surface area contributed by atoms with Gasteiger partial charge in [-0.15, -0.1) is 0 Å². The van der Waals surface area contributed by atoms with Crippen molar-refractivity contribution in [1.29, 1.82) is 0 Å². The van der Waals surface area contributed by atoms with Crippen LogP contribution >= 0.6 is 11.6 Å². The number of ether oxygens (including phenoxy) is 1. The van der Waals surface area contributed by atoms with Gasteiger partial charge in [0.2, 0.25) is 0 Å². The number of morpholine rings is 1. The predicted octanol–water partition coefficient (Wildman–Crippen LogP) is 1.03. The van der Waals surface area contributed by atoms with Crippen LogP contribution in [0.1, 0.15) is 5.56 Å². The molecule has 2 rings (SSSR count). The zero-order chi connectivity index (χ0) is 12.3. The topological polar surface area (TPSA) is 52.9 Å². The van der Waals surface area contributed by atoms with E-state index in [2.05, 4.69) is 4.90 Å². The molecular weight excluding hydrogens is 242 g/mol. The Morgan fingerprint density at radius 1 is 1.41 bits per heavy atom. The standard InChI is InChI=1S/C12H16ClNO3/c13-12-5-10(2-1-9(12)7-15)14-3-4-17-11(6-14)8-16/h1-2,5,11,15-16H,3-4,6-8H2. The molecule has 1 fully saturated rings. The van der Waals surface area contributed by atoms with Gasteiger partial charge in [-0.2, -0.15) is 0 Å². The van der Waals surface area contributed by atoms with Crippen LogP contribution in [0.4, 0.5) is 5.69 Å². The molecule has 1 aromatic rings. The lowest BCUT2D eigenvalue weighted by Crippen LogP contribution is -2.44. The summed E-state index contributed by atoms with van der Waals surface area (Å²) in [5.41, 5.74) is 1.72. The minimum Gasteiger partial charge on any atom is -0.394 e. The second-order valence-electron chi connectivity index (χ2n) is 4.06. The molecule has 17 heavy (non-hydrogen) atoms. The number of nitrogens with zero attached hydrogens (tertiary/aromatic N) is 1. The monoisotopic (exact) mass is 257 g/mol. The Balaban J connectivity index is 2.13. The number of hydrogen-bond donors (Lipinski definition) is 2. The van der Waals surface area contributed by atoms with Gasteiger partial charge in [0.1, 0.15) is 0 Å². The second kappa shape index (κ2) is 5.69. The van der Waals surface area contributed by atoms with Crippen molar-refractivity contribution in [1.82, 2.24) is 0 Å². The quantitative estimate of drug-likeness (QED) is 0.849. The lowest BCUT2D eigenvalue weighted by molar-refractivity contribution is 0.00357. The maximum Gasteiger partial charge on any atom is 0.0980 e. The SMILES string of the molecule is OCc1ccc(N2CCOC(CO)C2)cc1Cl. The Morgan fingerprint density at radius 3 is 2.88 bits per heavy atom. The van der Waals surface area contributed by atoms with Gasteiger partial charge in [-0.1, -0.05) is 17.7 Å². The molecule has 2 N–H and O–H groups in total. The molecule has 0 radical (unpaired) electrons. The summed E-state index contributed by atoms with van der Waals surface area (Å²) in [4.78, 5) is 2.12. The molecule has 1 aliphatic heterocycles. The van der Waals surface area contributed by atoms with Gasteiger partial charge in [-0.25, -0.2) is 0 Å². The molecule has 0 aromatic heterocycles. The Hall–Kier alpha value is -0.810. The smallest absolute Gasteiger partial charge is 0.0980 e. The first kappa shape index (κ1) is 12.6. The third kappa shape index (κ3) is 2.90. The van der Waals surface area contributed by atoms with Crippen LogP contribution in [-0.2, 0) is 11.3 Å². The molecule has 0 amide bonds. The molecule has 0 saturated carbocycles. The van der Waals surface area contributed by atoms with E-state index in [9.17, 15) is 0 Å². The summed E-state index contributed by atoms with van der Waals surface area (Å²) >= 11 is 6.05. The zero-order valence-corrected chi connectivity index (χ0v) is 10.2. The highest BCUT2D eigenvalue weighted by atomic mass is 35.5. The van der Waals surface area contributed by atoms with Crippen LogP contribution in [0.2, 0.25) is 5.02 Å². The van der Waals surface area contributed by atoms with E-state index in [-0.39, 0.29) is 19.3 Å². The average molecular weight is 258 g/mol. The van der Waals surface area contributed by atoms with E-state index in [1.807, 2.05) is 18.2 Å². The van der Waals surface area contributed by atoms with Crippen molar-refractivity contribution in [3.8, 4) is 0 Å². The van der Waals surface area contributed by atoms with Gasteiger partial charge in [-0.05, 0) is 17.7 Å². The maximum atomic E-state index is 9.08. The maximum absolute atomic E-state index is 9.08. The Morgan fingerprint density at radius 2 is 2.24 bits per heavy atom. The summed E-state index contributed by atoms with van der Waals surface area (Å²) in [6.07, 6.45) is -0.139. The van der Waals surface area contributed by atoms with E-state index in [0.717, 1.165) is 17.8 Å². The Labute approximate surface area is 105 Å². The summed E-state index contributed by atoms with van der Waals surface area (Å²) in [5, 5.41) is 18.7. The molecule has 0 aliphatic carbocycles. The lowest BCUT2D eigenvalue weighted by atomic mass is 10.2. The van der Waals surface area contributed by atoms with Gasteiger partial charge in [0.25, 0.3) is 0 Å².